The van der Waals surface area contributed by atoms with Crippen molar-refractivity contribution in [1.29, 1.82) is 0 Å². The van der Waals surface area contributed by atoms with E-state index in [1.165, 1.54) is 0 Å². The lowest BCUT2D eigenvalue weighted by Gasteiger charge is -2.22. The maximum atomic E-state index is 11.9. The lowest BCUT2D eigenvalue weighted by molar-refractivity contribution is 0.0593. The fourth-order valence-electron chi connectivity index (χ4n) is 2.40. The first-order chi connectivity index (χ1) is 11.8. The fraction of sp³-hybridized carbons (Fsp3) is 0.444. The number of carbonyl (C=O) groups is 1. The van der Waals surface area contributed by atoms with Gasteiger partial charge in [0.15, 0.2) is 0 Å². The molecular formula is C18H27N5O2. The van der Waals surface area contributed by atoms with Gasteiger partial charge in [-0.2, -0.15) is 5.10 Å². The number of hydrogen-bond donors (Lipinski definition) is 3. The van der Waals surface area contributed by atoms with E-state index in [-0.39, 0.29) is 12.6 Å². The van der Waals surface area contributed by atoms with E-state index in [1.807, 2.05) is 19.0 Å². The van der Waals surface area contributed by atoms with Crippen LogP contribution in [0.4, 0.5) is 10.5 Å². The van der Waals surface area contributed by atoms with E-state index in [1.54, 1.807) is 31.0 Å². The molecule has 0 aliphatic heterocycles. The van der Waals surface area contributed by atoms with Crippen LogP contribution in [0.5, 0.6) is 0 Å². The molecule has 0 bridgehead atoms. The van der Waals surface area contributed by atoms with Gasteiger partial charge in [0.25, 0.3) is 0 Å². The molecule has 7 heteroatoms. The van der Waals surface area contributed by atoms with E-state index in [0.29, 0.717) is 12.1 Å². The number of hydrogen-bond acceptors (Lipinski definition) is 4. The van der Waals surface area contributed by atoms with Crippen LogP contribution < -0.4 is 15.5 Å². The van der Waals surface area contributed by atoms with Gasteiger partial charge in [0.05, 0.1) is 12.7 Å². The summed E-state index contributed by atoms with van der Waals surface area (Å²) in [6.07, 6.45) is 4.08. The van der Waals surface area contributed by atoms with Crippen LogP contribution in [0.25, 0.3) is 0 Å². The van der Waals surface area contributed by atoms with E-state index in [2.05, 4.69) is 40.0 Å². The molecule has 1 heterocycles. The first-order valence-electron chi connectivity index (χ1n) is 8.27. The Bertz CT molecular complexity index is 692. The molecule has 1 unspecified atom stereocenters. The zero-order valence-corrected chi connectivity index (χ0v) is 15.3. The molecule has 0 aliphatic rings. The molecule has 0 spiro atoms. The van der Waals surface area contributed by atoms with Crippen LogP contribution in [0.3, 0.4) is 0 Å². The Balaban J connectivity index is 1.73. The number of aliphatic hydroxyl groups is 1. The molecule has 0 aliphatic carbocycles. The largest absolute Gasteiger partial charge is 0.383 e. The summed E-state index contributed by atoms with van der Waals surface area (Å²) in [5.41, 5.74) is 1.81. The van der Waals surface area contributed by atoms with Crippen molar-refractivity contribution in [2.75, 3.05) is 32.1 Å². The van der Waals surface area contributed by atoms with Gasteiger partial charge in [0, 0.05) is 45.1 Å². The van der Waals surface area contributed by atoms with Gasteiger partial charge in [0.2, 0.25) is 0 Å². The second-order valence-corrected chi connectivity index (χ2v) is 6.60. The van der Waals surface area contributed by atoms with E-state index < -0.39 is 5.60 Å². The zero-order valence-electron chi connectivity index (χ0n) is 15.3. The smallest absolute Gasteiger partial charge is 0.314 e. The Morgan fingerprint density at radius 1 is 1.28 bits per heavy atom. The molecule has 0 radical (unpaired) electrons. The molecule has 2 aromatic rings. The Morgan fingerprint density at radius 2 is 1.96 bits per heavy atom. The maximum absolute atomic E-state index is 11.9. The third-order valence-electron chi connectivity index (χ3n) is 4.07. The van der Waals surface area contributed by atoms with Gasteiger partial charge in [-0.1, -0.05) is 12.1 Å². The normalized spacial score (nSPS) is 13.2. The number of aryl methyl sites for hydroxylation is 1. The lowest BCUT2D eigenvalue weighted by Crippen LogP contribution is -2.43. The molecule has 0 saturated heterocycles. The Hall–Kier alpha value is -2.54. The highest BCUT2D eigenvalue weighted by atomic mass is 16.3. The quantitative estimate of drug-likeness (QED) is 0.705. The summed E-state index contributed by atoms with van der Waals surface area (Å²) in [4.78, 5) is 13.9. The molecule has 136 valence electrons. The minimum absolute atomic E-state index is 0.113. The average Bonchev–Trinajstić information content (AvgIpc) is 3.01. The molecule has 25 heavy (non-hydrogen) atoms. The zero-order chi connectivity index (χ0) is 18.4. The number of amides is 2. The van der Waals surface area contributed by atoms with Gasteiger partial charge in [-0.05, 0) is 31.0 Å². The number of nitrogens with zero attached hydrogens (tertiary/aromatic N) is 3. The summed E-state index contributed by atoms with van der Waals surface area (Å²) in [5, 5.41) is 20.0. The maximum Gasteiger partial charge on any atom is 0.314 e. The van der Waals surface area contributed by atoms with Crippen molar-refractivity contribution in [2.45, 2.75) is 18.9 Å². The van der Waals surface area contributed by atoms with Crippen LogP contribution in [0.2, 0.25) is 0 Å². The molecule has 1 aromatic carbocycles. The average molecular weight is 345 g/mol. The van der Waals surface area contributed by atoms with Crippen molar-refractivity contribution in [1.82, 2.24) is 20.4 Å². The van der Waals surface area contributed by atoms with Crippen LogP contribution in [0.15, 0.2) is 36.7 Å². The predicted molar refractivity (Wildman–Crippen MR) is 98.7 cm³/mol. The molecule has 7 nitrogen and oxygen atoms in total. The van der Waals surface area contributed by atoms with Crippen molar-refractivity contribution in [3.8, 4) is 0 Å². The SMILES string of the molecule is CN(C)c1ccc(CCNC(=O)NCC(C)(O)c2cnn(C)c2)cc1. The molecule has 1 aromatic heterocycles. The third kappa shape index (κ3) is 5.49. The van der Waals surface area contributed by atoms with Crippen LogP contribution in [-0.4, -0.2) is 48.1 Å². The molecular weight excluding hydrogens is 318 g/mol. The van der Waals surface area contributed by atoms with Gasteiger partial charge < -0.3 is 20.6 Å². The van der Waals surface area contributed by atoms with Gasteiger partial charge in [-0.3, -0.25) is 4.68 Å². The van der Waals surface area contributed by atoms with Gasteiger partial charge in [-0.15, -0.1) is 0 Å². The van der Waals surface area contributed by atoms with Crippen LogP contribution >= 0.6 is 0 Å². The minimum atomic E-state index is -1.16. The molecule has 0 saturated carbocycles. The summed E-state index contributed by atoms with van der Waals surface area (Å²) < 4.78 is 1.62. The molecule has 2 amide bonds. The molecule has 1 atom stereocenters. The second kappa shape index (κ2) is 8.02. The number of anilines is 1. The summed E-state index contributed by atoms with van der Waals surface area (Å²) in [6, 6.07) is 7.93. The molecule has 2 rings (SSSR count). The summed E-state index contributed by atoms with van der Waals surface area (Å²) in [6.45, 7) is 2.29. The van der Waals surface area contributed by atoms with Crippen molar-refractivity contribution in [2.24, 2.45) is 7.05 Å². The monoisotopic (exact) mass is 345 g/mol. The number of benzene rings is 1. The lowest BCUT2D eigenvalue weighted by atomic mass is 10.00. The Morgan fingerprint density at radius 3 is 2.52 bits per heavy atom. The van der Waals surface area contributed by atoms with Gasteiger partial charge in [0.1, 0.15) is 5.60 Å². The molecule has 3 N–H and O–H groups in total. The molecule has 0 fully saturated rings. The predicted octanol–water partition coefficient (Wildman–Crippen LogP) is 1.24. The standard InChI is InChI=1S/C18H27N5O2/c1-18(25,15-11-21-23(4)12-15)13-20-17(24)19-10-9-14-5-7-16(8-6-14)22(2)3/h5-8,11-12,25H,9-10,13H2,1-4H3,(H2,19,20,24). The highest BCUT2D eigenvalue weighted by Crippen LogP contribution is 2.18. The summed E-state index contributed by atoms with van der Waals surface area (Å²) >= 11 is 0. The van der Waals surface area contributed by atoms with E-state index in [0.717, 1.165) is 17.7 Å². The number of rotatable bonds is 7. The second-order valence-electron chi connectivity index (χ2n) is 6.60. The van der Waals surface area contributed by atoms with Crippen LogP contribution in [0, 0.1) is 0 Å². The topological polar surface area (TPSA) is 82.4 Å². The van der Waals surface area contributed by atoms with Crippen molar-refractivity contribution in [3.63, 3.8) is 0 Å². The Labute approximate surface area is 148 Å². The first-order valence-corrected chi connectivity index (χ1v) is 8.27. The first kappa shape index (κ1) is 18.8. The number of aromatic nitrogens is 2. The number of carbonyl (C=O) groups excluding carboxylic acids is 1. The summed E-state index contributed by atoms with van der Waals surface area (Å²) in [7, 11) is 5.79. The summed E-state index contributed by atoms with van der Waals surface area (Å²) in [5.74, 6) is 0. The van der Waals surface area contributed by atoms with Crippen LogP contribution in [0.1, 0.15) is 18.1 Å². The number of urea groups is 1. The third-order valence-corrected chi connectivity index (χ3v) is 4.07. The van der Waals surface area contributed by atoms with Crippen molar-refractivity contribution < 1.29 is 9.90 Å². The van der Waals surface area contributed by atoms with Crippen LogP contribution in [-0.2, 0) is 19.1 Å². The van der Waals surface area contributed by atoms with Gasteiger partial charge >= 0.3 is 6.03 Å². The van der Waals surface area contributed by atoms with Gasteiger partial charge in [-0.25, -0.2) is 4.79 Å². The number of nitrogens with one attached hydrogen (secondary N) is 2. The van der Waals surface area contributed by atoms with Crippen molar-refractivity contribution in [3.05, 3.63) is 47.8 Å². The minimum Gasteiger partial charge on any atom is -0.383 e. The highest BCUT2D eigenvalue weighted by molar-refractivity contribution is 5.73. The van der Waals surface area contributed by atoms with E-state index in [9.17, 15) is 9.90 Å². The van der Waals surface area contributed by atoms with E-state index >= 15 is 0 Å². The van der Waals surface area contributed by atoms with Crippen molar-refractivity contribution >= 4 is 11.7 Å². The van der Waals surface area contributed by atoms with E-state index in [4.69, 9.17) is 0 Å². The highest BCUT2D eigenvalue weighted by Gasteiger charge is 2.25. The fourth-order valence-corrected chi connectivity index (χ4v) is 2.40. The Kier molecular flexibility index (Phi) is 6.03.